The highest BCUT2D eigenvalue weighted by atomic mass is 16.5. The first-order chi connectivity index (χ1) is 11.7. The molecule has 1 amide bonds. The number of carbonyl (C=O) groups excluding carboxylic acids is 1. The van der Waals surface area contributed by atoms with Crippen LogP contribution < -0.4 is 9.64 Å². The number of ether oxygens (including phenoxy) is 1. The lowest BCUT2D eigenvalue weighted by Crippen LogP contribution is -2.40. The Hall–Kier alpha value is -2.70. The summed E-state index contributed by atoms with van der Waals surface area (Å²) in [6, 6.07) is 3.92. The number of pyridine rings is 1. The Labute approximate surface area is 141 Å². The molecule has 1 aliphatic rings. The van der Waals surface area contributed by atoms with Crippen LogP contribution in [0.25, 0.3) is 0 Å². The number of methoxy groups -OCH3 is 1. The lowest BCUT2D eigenvalue weighted by Gasteiger charge is -2.25. The van der Waals surface area contributed by atoms with E-state index in [4.69, 9.17) is 4.74 Å². The first-order valence-electron chi connectivity index (χ1n) is 7.93. The molecule has 24 heavy (non-hydrogen) atoms. The second kappa shape index (κ2) is 7.25. The van der Waals surface area contributed by atoms with E-state index in [0.29, 0.717) is 12.3 Å². The van der Waals surface area contributed by atoms with Gasteiger partial charge < -0.3 is 14.5 Å². The smallest absolute Gasteiger partial charge is 0.257 e. The maximum absolute atomic E-state index is 12.5. The molecule has 0 aliphatic carbocycles. The fourth-order valence-electron chi connectivity index (χ4n) is 2.93. The molecular formula is C17H21N5O2. The number of rotatable bonds is 5. The van der Waals surface area contributed by atoms with Crippen molar-refractivity contribution in [1.29, 1.82) is 0 Å². The van der Waals surface area contributed by atoms with Gasteiger partial charge in [0.05, 0.1) is 19.6 Å². The molecule has 1 fully saturated rings. The molecule has 1 saturated heterocycles. The standard InChI is InChI=1S/C17H21N5O2/c1-21(15(23)10-13-4-3-6-18-11-13)14-5-9-22(12-14)16-17(24-2)20-8-7-19-16/h3-4,6-8,11,14H,5,9-10,12H2,1-2H3/t14-/m0/s1. The molecule has 1 atom stereocenters. The van der Waals surface area contributed by atoms with Crippen LogP contribution >= 0.6 is 0 Å². The van der Waals surface area contributed by atoms with E-state index < -0.39 is 0 Å². The lowest BCUT2D eigenvalue weighted by atomic mass is 10.1. The van der Waals surface area contributed by atoms with Crippen molar-refractivity contribution in [1.82, 2.24) is 19.9 Å². The molecule has 2 aromatic heterocycles. The van der Waals surface area contributed by atoms with Crippen molar-refractivity contribution in [2.45, 2.75) is 18.9 Å². The summed E-state index contributed by atoms with van der Waals surface area (Å²) in [5.41, 5.74) is 0.930. The molecule has 0 saturated carbocycles. The van der Waals surface area contributed by atoms with Gasteiger partial charge in [0.25, 0.3) is 5.88 Å². The molecule has 3 heterocycles. The molecule has 0 bridgehead atoms. The number of aromatic nitrogens is 3. The summed E-state index contributed by atoms with van der Waals surface area (Å²) in [4.78, 5) is 29.0. The molecule has 0 N–H and O–H groups in total. The van der Waals surface area contributed by atoms with E-state index in [1.807, 2.05) is 24.1 Å². The topological polar surface area (TPSA) is 71.5 Å². The highest BCUT2D eigenvalue weighted by molar-refractivity contribution is 5.79. The maximum atomic E-state index is 12.5. The van der Waals surface area contributed by atoms with Crippen LogP contribution in [0, 0.1) is 0 Å². The van der Waals surface area contributed by atoms with Gasteiger partial charge >= 0.3 is 0 Å². The predicted octanol–water partition coefficient (Wildman–Crippen LogP) is 1.16. The first-order valence-corrected chi connectivity index (χ1v) is 7.93. The summed E-state index contributed by atoms with van der Waals surface area (Å²) in [5, 5.41) is 0. The summed E-state index contributed by atoms with van der Waals surface area (Å²) in [6.07, 6.45) is 7.98. The summed E-state index contributed by atoms with van der Waals surface area (Å²) >= 11 is 0. The van der Waals surface area contributed by atoms with Crippen LogP contribution in [0.15, 0.2) is 36.9 Å². The minimum atomic E-state index is 0.0981. The summed E-state index contributed by atoms with van der Waals surface area (Å²) in [6.45, 7) is 1.55. The normalized spacial score (nSPS) is 16.9. The average Bonchev–Trinajstić information content (AvgIpc) is 3.11. The quantitative estimate of drug-likeness (QED) is 0.821. The zero-order chi connectivity index (χ0) is 16.9. The van der Waals surface area contributed by atoms with Gasteiger partial charge in [-0.3, -0.25) is 9.78 Å². The molecule has 7 heteroatoms. The van der Waals surface area contributed by atoms with E-state index in [-0.39, 0.29) is 11.9 Å². The van der Waals surface area contributed by atoms with Crippen molar-refractivity contribution in [3.63, 3.8) is 0 Å². The van der Waals surface area contributed by atoms with Crippen molar-refractivity contribution in [3.8, 4) is 5.88 Å². The fourth-order valence-corrected chi connectivity index (χ4v) is 2.93. The van der Waals surface area contributed by atoms with Crippen LogP contribution in [0.2, 0.25) is 0 Å². The van der Waals surface area contributed by atoms with Crippen LogP contribution in [0.4, 0.5) is 5.82 Å². The molecule has 0 unspecified atom stereocenters. The molecule has 0 spiro atoms. The highest BCUT2D eigenvalue weighted by Gasteiger charge is 2.30. The zero-order valence-corrected chi connectivity index (χ0v) is 13.9. The SMILES string of the molecule is COc1nccnc1N1CC[C@H](N(C)C(=O)Cc2cccnc2)C1. The number of anilines is 1. The van der Waals surface area contributed by atoms with E-state index in [2.05, 4.69) is 19.9 Å². The second-order valence-electron chi connectivity index (χ2n) is 5.82. The minimum Gasteiger partial charge on any atom is -0.478 e. The fraction of sp³-hybridized carbons (Fsp3) is 0.412. The maximum Gasteiger partial charge on any atom is 0.257 e. The van der Waals surface area contributed by atoms with Crippen LogP contribution in [0.1, 0.15) is 12.0 Å². The van der Waals surface area contributed by atoms with Gasteiger partial charge in [0, 0.05) is 44.9 Å². The van der Waals surface area contributed by atoms with E-state index in [1.54, 1.807) is 31.9 Å². The number of hydrogen-bond donors (Lipinski definition) is 0. The number of hydrogen-bond acceptors (Lipinski definition) is 6. The van der Waals surface area contributed by atoms with Gasteiger partial charge in [-0.2, -0.15) is 0 Å². The van der Waals surface area contributed by atoms with Crippen molar-refractivity contribution in [2.24, 2.45) is 0 Å². The van der Waals surface area contributed by atoms with Gasteiger partial charge in [0.1, 0.15) is 0 Å². The van der Waals surface area contributed by atoms with Crippen molar-refractivity contribution in [2.75, 3.05) is 32.1 Å². The van der Waals surface area contributed by atoms with Crippen molar-refractivity contribution in [3.05, 3.63) is 42.5 Å². The molecule has 126 valence electrons. The van der Waals surface area contributed by atoms with E-state index in [0.717, 1.165) is 30.9 Å². The predicted molar refractivity (Wildman–Crippen MR) is 89.9 cm³/mol. The number of carbonyl (C=O) groups is 1. The van der Waals surface area contributed by atoms with Crippen LogP contribution in [-0.4, -0.2) is 59.0 Å². The highest BCUT2D eigenvalue weighted by Crippen LogP contribution is 2.27. The average molecular weight is 327 g/mol. The molecular weight excluding hydrogens is 306 g/mol. The monoisotopic (exact) mass is 327 g/mol. The summed E-state index contributed by atoms with van der Waals surface area (Å²) in [5.74, 6) is 1.35. The Kier molecular flexibility index (Phi) is 4.88. The van der Waals surface area contributed by atoms with Crippen molar-refractivity contribution < 1.29 is 9.53 Å². The van der Waals surface area contributed by atoms with Gasteiger partial charge in [0.15, 0.2) is 5.82 Å². The number of likely N-dealkylation sites (N-methyl/N-ethyl adjacent to an activating group) is 1. The Morgan fingerprint density at radius 1 is 1.38 bits per heavy atom. The third-order valence-electron chi connectivity index (χ3n) is 4.32. The van der Waals surface area contributed by atoms with E-state index >= 15 is 0 Å². The lowest BCUT2D eigenvalue weighted by molar-refractivity contribution is -0.130. The Morgan fingerprint density at radius 2 is 2.21 bits per heavy atom. The van der Waals surface area contributed by atoms with Crippen LogP contribution in [0.5, 0.6) is 5.88 Å². The second-order valence-corrected chi connectivity index (χ2v) is 5.82. The van der Waals surface area contributed by atoms with Gasteiger partial charge in [0.2, 0.25) is 5.91 Å². The van der Waals surface area contributed by atoms with Crippen LogP contribution in [0.3, 0.4) is 0 Å². The molecule has 0 radical (unpaired) electrons. The molecule has 3 rings (SSSR count). The van der Waals surface area contributed by atoms with Crippen LogP contribution in [-0.2, 0) is 11.2 Å². The Balaban J connectivity index is 1.63. The molecule has 1 aliphatic heterocycles. The van der Waals surface area contributed by atoms with Gasteiger partial charge in [-0.05, 0) is 18.1 Å². The van der Waals surface area contributed by atoms with Crippen molar-refractivity contribution >= 4 is 11.7 Å². The number of nitrogens with zero attached hydrogens (tertiary/aromatic N) is 5. The Bertz CT molecular complexity index is 694. The van der Waals surface area contributed by atoms with Gasteiger partial charge in [-0.1, -0.05) is 6.07 Å². The molecule has 0 aromatic carbocycles. The summed E-state index contributed by atoms with van der Waals surface area (Å²) < 4.78 is 5.28. The van der Waals surface area contributed by atoms with E-state index in [9.17, 15) is 4.79 Å². The molecule has 2 aromatic rings. The number of amides is 1. The van der Waals surface area contributed by atoms with Gasteiger partial charge in [-0.25, -0.2) is 9.97 Å². The Morgan fingerprint density at radius 3 is 2.96 bits per heavy atom. The third-order valence-corrected chi connectivity index (χ3v) is 4.32. The largest absolute Gasteiger partial charge is 0.478 e. The van der Waals surface area contributed by atoms with E-state index in [1.165, 1.54) is 0 Å². The zero-order valence-electron chi connectivity index (χ0n) is 13.9. The first kappa shape index (κ1) is 16.2. The molecule has 7 nitrogen and oxygen atoms in total. The minimum absolute atomic E-state index is 0.0981. The van der Waals surface area contributed by atoms with Gasteiger partial charge in [-0.15, -0.1) is 0 Å². The third kappa shape index (κ3) is 3.45. The summed E-state index contributed by atoms with van der Waals surface area (Å²) in [7, 11) is 3.45.